The van der Waals surface area contributed by atoms with Crippen LogP contribution in [0.4, 0.5) is 11.8 Å². The van der Waals surface area contributed by atoms with E-state index in [1.807, 2.05) is 36.4 Å². The molecule has 2 aromatic heterocycles. The van der Waals surface area contributed by atoms with Crippen molar-refractivity contribution in [1.29, 1.82) is 0 Å². The molecule has 6 heteroatoms. The van der Waals surface area contributed by atoms with E-state index >= 15 is 0 Å². The van der Waals surface area contributed by atoms with Crippen molar-refractivity contribution in [2.45, 2.75) is 6.54 Å². The molecule has 3 aromatic rings. The quantitative estimate of drug-likeness (QED) is 0.712. The topological polar surface area (TPSA) is 62.7 Å². The molecule has 0 saturated carbocycles. The molecule has 1 aromatic carbocycles. The number of halogens is 1. The number of hydrogen-bond acceptors (Lipinski definition) is 5. The number of aromatic nitrogens is 3. The SMILES string of the molecule is CNc1nc(NCc2ccccc2Br)cc(-c2cccnc2)n1. The van der Waals surface area contributed by atoms with Crippen molar-refractivity contribution >= 4 is 27.7 Å². The first-order valence-corrected chi connectivity index (χ1v) is 8.00. The Labute approximate surface area is 143 Å². The van der Waals surface area contributed by atoms with Crippen molar-refractivity contribution in [2.75, 3.05) is 17.7 Å². The van der Waals surface area contributed by atoms with Crippen LogP contribution >= 0.6 is 15.9 Å². The number of anilines is 2. The molecule has 0 aliphatic carbocycles. The predicted octanol–water partition coefficient (Wildman–Crippen LogP) is 3.95. The molecule has 0 atom stereocenters. The lowest BCUT2D eigenvalue weighted by atomic mass is 10.2. The largest absolute Gasteiger partial charge is 0.366 e. The van der Waals surface area contributed by atoms with Gasteiger partial charge >= 0.3 is 0 Å². The summed E-state index contributed by atoms with van der Waals surface area (Å²) in [4.78, 5) is 13.1. The third-order valence-electron chi connectivity index (χ3n) is 3.32. The maximum atomic E-state index is 4.48. The third kappa shape index (κ3) is 3.84. The molecular formula is C17H16BrN5. The van der Waals surface area contributed by atoms with Crippen LogP contribution in [0.15, 0.2) is 59.3 Å². The molecule has 3 rings (SSSR count). The molecule has 2 N–H and O–H groups in total. The molecule has 0 aliphatic heterocycles. The van der Waals surface area contributed by atoms with Gasteiger partial charge in [-0.25, -0.2) is 4.98 Å². The maximum Gasteiger partial charge on any atom is 0.224 e. The van der Waals surface area contributed by atoms with Crippen LogP contribution in [0.3, 0.4) is 0 Å². The summed E-state index contributed by atoms with van der Waals surface area (Å²) in [6.07, 6.45) is 3.54. The Kier molecular flexibility index (Phi) is 4.83. The summed E-state index contributed by atoms with van der Waals surface area (Å²) in [6, 6.07) is 13.9. The Balaban J connectivity index is 1.86. The predicted molar refractivity (Wildman–Crippen MR) is 96.3 cm³/mol. The Hall–Kier alpha value is -2.47. The van der Waals surface area contributed by atoms with Gasteiger partial charge in [-0.15, -0.1) is 0 Å². The molecule has 0 spiro atoms. The highest BCUT2D eigenvalue weighted by Crippen LogP contribution is 2.22. The fourth-order valence-electron chi connectivity index (χ4n) is 2.14. The van der Waals surface area contributed by atoms with Gasteiger partial charge in [-0.2, -0.15) is 4.98 Å². The van der Waals surface area contributed by atoms with Crippen LogP contribution in [-0.2, 0) is 6.54 Å². The molecule has 23 heavy (non-hydrogen) atoms. The van der Waals surface area contributed by atoms with E-state index in [0.717, 1.165) is 21.5 Å². The van der Waals surface area contributed by atoms with E-state index in [9.17, 15) is 0 Å². The van der Waals surface area contributed by atoms with Crippen LogP contribution < -0.4 is 10.6 Å². The van der Waals surface area contributed by atoms with Crippen molar-refractivity contribution in [3.63, 3.8) is 0 Å². The zero-order valence-corrected chi connectivity index (χ0v) is 14.2. The standard InChI is InChI=1S/C17H16BrN5/c1-19-17-22-15(13-6-4-8-20-10-13)9-16(23-17)21-11-12-5-2-3-7-14(12)18/h2-10H,11H2,1H3,(H2,19,21,22,23). The summed E-state index contributed by atoms with van der Waals surface area (Å²) in [5.41, 5.74) is 2.95. The third-order valence-corrected chi connectivity index (χ3v) is 4.10. The Morgan fingerprint density at radius 3 is 2.70 bits per heavy atom. The number of benzene rings is 1. The summed E-state index contributed by atoms with van der Waals surface area (Å²) in [6.45, 7) is 0.675. The van der Waals surface area contributed by atoms with E-state index in [-0.39, 0.29) is 0 Å². The van der Waals surface area contributed by atoms with Crippen LogP contribution in [0.1, 0.15) is 5.56 Å². The highest BCUT2D eigenvalue weighted by molar-refractivity contribution is 9.10. The highest BCUT2D eigenvalue weighted by Gasteiger charge is 2.07. The molecule has 116 valence electrons. The summed E-state index contributed by atoms with van der Waals surface area (Å²) >= 11 is 3.56. The van der Waals surface area contributed by atoms with Crippen LogP contribution in [0.5, 0.6) is 0 Å². The number of nitrogens with zero attached hydrogens (tertiary/aromatic N) is 3. The second-order valence-corrected chi connectivity index (χ2v) is 5.75. The highest BCUT2D eigenvalue weighted by atomic mass is 79.9. The smallest absolute Gasteiger partial charge is 0.224 e. The maximum absolute atomic E-state index is 4.48. The summed E-state index contributed by atoms with van der Waals surface area (Å²) in [5.74, 6) is 1.33. The van der Waals surface area contributed by atoms with Gasteiger partial charge in [0.25, 0.3) is 0 Å². The first-order chi connectivity index (χ1) is 11.3. The van der Waals surface area contributed by atoms with Crippen molar-refractivity contribution in [2.24, 2.45) is 0 Å². The van der Waals surface area contributed by atoms with E-state index < -0.39 is 0 Å². The van der Waals surface area contributed by atoms with Crippen LogP contribution in [0, 0.1) is 0 Å². The van der Waals surface area contributed by atoms with Gasteiger partial charge in [0.05, 0.1) is 5.69 Å². The number of pyridine rings is 1. The van der Waals surface area contributed by atoms with E-state index in [0.29, 0.717) is 12.5 Å². The summed E-state index contributed by atoms with van der Waals surface area (Å²) in [5, 5.41) is 6.34. The monoisotopic (exact) mass is 369 g/mol. The van der Waals surface area contributed by atoms with Crippen LogP contribution in [0.2, 0.25) is 0 Å². The molecular weight excluding hydrogens is 354 g/mol. The van der Waals surface area contributed by atoms with Gasteiger partial charge in [0, 0.05) is 42.1 Å². The van der Waals surface area contributed by atoms with Crippen molar-refractivity contribution < 1.29 is 0 Å². The van der Waals surface area contributed by atoms with E-state index in [1.54, 1.807) is 19.4 Å². The Morgan fingerprint density at radius 1 is 1.09 bits per heavy atom. The van der Waals surface area contributed by atoms with Gasteiger partial charge < -0.3 is 10.6 Å². The summed E-state index contributed by atoms with van der Waals surface area (Å²) < 4.78 is 1.07. The van der Waals surface area contributed by atoms with Crippen molar-refractivity contribution in [1.82, 2.24) is 15.0 Å². The fourth-order valence-corrected chi connectivity index (χ4v) is 2.56. The van der Waals surface area contributed by atoms with Gasteiger partial charge in [-0.05, 0) is 23.8 Å². The van der Waals surface area contributed by atoms with Crippen LogP contribution in [0.25, 0.3) is 11.3 Å². The minimum atomic E-state index is 0.570. The second-order valence-electron chi connectivity index (χ2n) is 4.90. The molecule has 0 radical (unpaired) electrons. The van der Waals surface area contributed by atoms with E-state index in [1.165, 1.54) is 5.56 Å². The summed E-state index contributed by atoms with van der Waals surface area (Å²) in [7, 11) is 1.81. The number of rotatable bonds is 5. The van der Waals surface area contributed by atoms with E-state index in [2.05, 4.69) is 47.6 Å². The zero-order chi connectivity index (χ0) is 16.1. The lowest BCUT2D eigenvalue weighted by Gasteiger charge is -2.10. The van der Waals surface area contributed by atoms with Crippen molar-refractivity contribution in [3.05, 3.63) is 64.9 Å². The first kappa shape index (κ1) is 15.4. The minimum absolute atomic E-state index is 0.570. The van der Waals surface area contributed by atoms with Gasteiger partial charge in [-0.1, -0.05) is 34.1 Å². The average molecular weight is 370 g/mol. The first-order valence-electron chi connectivity index (χ1n) is 7.21. The zero-order valence-electron chi connectivity index (χ0n) is 12.6. The van der Waals surface area contributed by atoms with Gasteiger partial charge in [0.2, 0.25) is 5.95 Å². The van der Waals surface area contributed by atoms with Crippen molar-refractivity contribution in [3.8, 4) is 11.3 Å². The fraction of sp³-hybridized carbons (Fsp3) is 0.118. The van der Waals surface area contributed by atoms with Crippen LogP contribution in [-0.4, -0.2) is 22.0 Å². The Bertz CT molecular complexity index is 792. The van der Waals surface area contributed by atoms with Gasteiger partial charge in [0.1, 0.15) is 5.82 Å². The molecule has 2 heterocycles. The minimum Gasteiger partial charge on any atom is -0.366 e. The molecule has 0 amide bonds. The molecule has 0 fully saturated rings. The lowest BCUT2D eigenvalue weighted by Crippen LogP contribution is -2.06. The van der Waals surface area contributed by atoms with Gasteiger partial charge in [0.15, 0.2) is 0 Å². The van der Waals surface area contributed by atoms with Gasteiger partial charge in [-0.3, -0.25) is 4.98 Å². The molecule has 5 nitrogen and oxygen atoms in total. The number of hydrogen-bond donors (Lipinski definition) is 2. The molecule has 0 unspecified atom stereocenters. The lowest BCUT2D eigenvalue weighted by molar-refractivity contribution is 1.07. The molecule has 0 bridgehead atoms. The second kappa shape index (κ2) is 7.19. The molecule has 0 aliphatic rings. The Morgan fingerprint density at radius 2 is 1.96 bits per heavy atom. The number of nitrogens with one attached hydrogen (secondary N) is 2. The van der Waals surface area contributed by atoms with E-state index in [4.69, 9.17) is 0 Å². The molecule has 0 saturated heterocycles. The average Bonchev–Trinajstić information content (AvgIpc) is 2.61. The normalized spacial score (nSPS) is 10.3.